The van der Waals surface area contributed by atoms with Crippen LogP contribution >= 0.6 is 0 Å². The Balaban J connectivity index is 1.12. The Kier molecular flexibility index (Phi) is 8.38. The van der Waals surface area contributed by atoms with Crippen molar-refractivity contribution in [3.05, 3.63) is 218 Å². The van der Waals surface area contributed by atoms with Crippen molar-refractivity contribution in [2.75, 3.05) is 0 Å². The Hall–Kier alpha value is -8.48. The highest BCUT2D eigenvalue weighted by Gasteiger charge is 2.23. The standard InChI is InChI=1S/C56H36N6/c1-5-18-37(19-6-1)48-35-42(36-49(57-48)38-20-7-2-8-21-38)40-24-17-25-41(34-40)55-58-54(39-22-9-3-10-23-39)59-56(60-55)62-51-31-16-14-29-45(51)47-33-32-46-44-28-13-15-30-50(44)61(52(46)53(47)62)43-26-11-4-12-27-43/h1-36H. The zero-order valence-corrected chi connectivity index (χ0v) is 33.5. The second kappa shape index (κ2) is 14.7. The quantitative estimate of drug-likeness (QED) is 0.161. The molecule has 0 saturated heterocycles. The van der Waals surface area contributed by atoms with Crippen LogP contribution in [0.2, 0.25) is 0 Å². The molecule has 0 radical (unpaired) electrons. The number of pyridine rings is 1. The van der Waals surface area contributed by atoms with Crippen molar-refractivity contribution < 1.29 is 0 Å². The van der Waals surface area contributed by atoms with Crippen LogP contribution in [0.3, 0.4) is 0 Å². The SMILES string of the molecule is c1ccc(-c2cc(-c3cccc(-c4nc(-c5ccccc5)nc(-n5c6ccccc6c6ccc7c8ccccc8n(-c8ccccc8)c7c65)n4)c3)cc(-c3ccccc3)n2)cc1. The number of fused-ring (bicyclic) bond motifs is 7. The molecule has 0 atom stereocenters. The fraction of sp³-hybridized carbons (Fsp3) is 0. The van der Waals surface area contributed by atoms with Crippen LogP contribution in [0.15, 0.2) is 218 Å². The Morgan fingerprint density at radius 1 is 0.274 bits per heavy atom. The molecule has 0 aliphatic rings. The Morgan fingerprint density at radius 3 is 1.32 bits per heavy atom. The van der Waals surface area contributed by atoms with Crippen molar-refractivity contribution in [1.29, 1.82) is 0 Å². The molecular formula is C56H36N6. The van der Waals surface area contributed by atoms with Crippen LogP contribution in [0.5, 0.6) is 0 Å². The van der Waals surface area contributed by atoms with Crippen LogP contribution in [0.25, 0.3) is 112 Å². The Morgan fingerprint density at radius 2 is 0.726 bits per heavy atom. The van der Waals surface area contributed by atoms with E-state index in [4.69, 9.17) is 19.9 Å². The lowest BCUT2D eigenvalue weighted by Crippen LogP contribution is -2.07. The van der Waals surface area contributed by atoms with Gasteiger partial charge in [0.1, 0.15) is 0 Å². The number of aromatic nitrogens is 6. The monoisotopic (exact) mass is 792 g/mol. The molecular weight excluding hydrogens is 757 g/mol. The fourth-order valence-electron chi connectivity index (χ4n) is 8.91. The first-order valence-corrected chi connectivity index (χ1v) is 20.8. The topological polar surface area (TPSA) is 61.4 Å². The minimum atomic E-state index is 0.546. The van der Waals surface area contributed by atoms with Crippen molar-refractivity contribution in [2.45, 2.75) is 0 Å². The second-order valence-electron chi connectivity index (χ2n) is 15.5. The van der Waals surface area contributed by atoms with Crippen molar-refractivity contribution >= 4 is 43.6 Å². The van der Waals surface area contributed by atoms with E-state index < -0.39 is 0 Å². The first-order valence-electron chi connectivity index (χ1n) is 20.8. The van der Waals surface area contributed by atoms with Crippen LogP contribution in [-0.4, -0.2) is 29.1 Å². The predicted molar refractivity (Wildman–Crippen MR) is 253 cm³/mol. The van der Waals surface area contributed by atoms with Gasteiger partial charge < -0.3 is 4.57 Å². The summed E-state index contributed by atoms with van der Waals surface area (Å²) in [4.78, 5) is 21.1. The van der Waals surface area contributed by atoms with E-state index in [0.29, 0.717) is 17.6 Å². The van der Waals surface area contributed by atoms with Gasteiger partial charge in [0.25, 0.3) is 0 Å². The fourth-order valence-corrected chi connectivity index (χ4v) is 8.91. The van der Waals surface area contributed by atoms with E-state index in [0.717, 1.165) is 88.7 Å². The lowest BCUT2D eigenvalue weighted by Gasteiger charge is -2.14. The molecule has 6 nitrogen and oxygen atoms in total. The minimum absolute atomic E-state index is 0.546. The summed E-state index contributed by atoms with van der Waals surface area (Å²) in [5, 5.41) is 4.60. The first kappa shape index (κ1) is 35.5. The van der Waals surface area contributed by atoms with Gasteiger partial charge in [0.05, 0.1) is 33.5 Å². The van der Waals surface area contributed by atoms with Crippen LogP contribution < -0.4 is 0 Å². The van der Waals surface area contributed by atoms with Gasteiger partial charge in [0.15, 0.2) is 11.6 Å². The molecule has 6 heteroatoms. The molecule has 0 N–H and O–H groups in total. The molecule has 0 bridgehead atoms. The van der Waals surface area contributed by atoms with E-state index in [2.05, 4.69) is 197 Å². The summed E-state index contributed by atoms with van der Waals surface area (Å²) in [6, 6.07) is 76.1. The van der Waals surface area contributed by atoms with Gasteiger partial charge in [-0.3, -0.25) is 4.57 Å². The lowest BCUT2D eigenvalue weighted by molar-refractivity contribution is 0.953. The van der Waals surface area contributed by atoms with E-state index in [1.807, 2.05) is 30.3 Å². The van der Waals surface area contributed by atoms with Crippen LogP contribution in [0.4, 0.5) is 0 Å². The van der Waals surface area contributed by atoms with Gasteiger partial charge in [-0.05, 0) is 53.6 Å². The predicted octanol–water partition coefficient (Wildman–Crippen LogP) is 13.8. The van der Waals surface area contributed by atoms with Gasteiger partial charge in [0, 0.05) is 49.5 Å². The highest BCUT2D eigenvalue weighted by molar-refractivity contribution is 6.23. The lowest BCUT2D eigenvalue weighted by atomic mass is 9.98. The summed E-state index contributed by atoms with van der Waals surface area (Å²) >= 11 is 0. The highest BCUT2D eigenvalue weighted by atomic mass is 15.2. The molecule has 12 aromatic rings. The zero-order chi connectivity index (χ0) is 41.0. The highest BCUT2D eigenvalue weighted by Crippen LogP contribution is 2.42. The van der Waals surface area contributed by atoms with Gasteiger partial charge in [0.2, 0.25) is 5.95 Å². The third-order valence-corrected chi connectivity index (χ3v) is 11.8. The summed E-state index contributed by atoms with van der Waals surface area (Å²) in [6.45, 7) is 0. The van der Waals surface area contributed by atoms with Crippen molar-refractivity contribution in [2.24, 2.45) is 0 Å². The molecule has 0 fully saturated rings. The summed E-state index contributed by atoms with van der Waals surface area (Å²) in [5.41, 5.74) is 13.2. The summed E-state index contributed by atoms with van der Waals surface area (Å²) in [7, 11) is 0. The molecule has 4 aromatic heterocycles. The maximum atomic E-state index is 5.42. The number of benzene rings is 8. The van der Waals surface area contributed by atoms with Gasteiger partial charge in [-0.25, -0.2) is 9.97 Å². The molecule has 0 amide bonds. The average molecular weight is 793 g/mol. The molecule has 0 spiro atoms. The average Bonchev–Trinajstić information content (AvgIpc) is 3.88. The maximum Gasteiger partial charge on any atom is 0.238 e. The molecule has 0 aliphatic carbocycles. The minimum Gasteiger partial charge on any atom is -0.307 e. The van der Waals surface area contributed by atoms with Gasteiger partial charge in [-0.2, -0.15) is 9.97 Å². The Labute approximate surface area is 357 Å². The molecule has 0 saturated carbocycles. The van der Waals surface area contributed by atoms with Crippen LogP contribution in [-0.2, 0) is 0 Å². The molecule has 8 aromatic carbocycles. The van der Waals surface area contributed by atoms with Gasteiger partial charge in [-0.1, -0.05) is 176 Å². The zero-order valence-electron chi connectivity index (χ0n) is 33.5. The molecule has 4 heterocycles. The van der Waals surface area contributed by atoms with Crippen LogP contribution in [0.1, 0.15) is 0 Å². The number of nitrogens with zero attached hydrogens (tertiary/aromatic N) is 6. The van der Waals surface area contributed by atoms with Crippen molar-refractivity contribution in [3.63, 3.8) is 0 Å². The molecule has 0 unspecified atom stereocenters. The largest absolute Gasteiger partial charge is 0.307 e. The molecule has 0 aliphatic heterocycles. The number of rotatable bonds is 7. The number of hydrogen-bond acceptors (Lipinski definition) is 4. The van der Waals surface area contributed by atoms with Crippen molar-refractivity contribution in [1.82, 2.24) is 29.1 Å². The van der Waals surface area contributed by atoms with Crippen molar-refractivity contribution in [3.8, 4) is 68.1 Å². The van der Waals surface area contributed by atoms with E-state index in [1.54, 1.807) is 0 Å². The maximum absolute atomic E-state index is 5.42. The van der Waals surface area contributed by atoms with E-state index in [9.17, 15) is 0 Å². The van der Waals surface area contributed by atoms with E-state index in [-0.39, 0.29) is 0 Å². The third kappa shape index (κ3) is 5.96. The van der Waals surface area contributed by atoms with E-state index >= 15 is 0 Å². The number of hydrogen-bond donors (Lipinski definition) is 0. The smallest absolute Gasteiger partial charge is 0.238 e. The van der Waals surface area contributed by atoms with Gasteiger partial charge >= 0.3 is 0 Å². The first-order chi connectivity index (χ1) is 30.7. The molecule has 12 rings (SSSR count). The normalized spacial score (nSPS) is 11.5. The summed E-state index contributed by atoms with van der Waals surface area (Å²) in [6.07, 6.45) is 0. The summed E-state index contributed by atoms with van der Waals surface area (Å²) < 4.78 is 4.63. The van der Waals surface area contributed by atoms with Gasteiger partial charge in [-0.15, -0.1) is 0 Å². The Bertz CT molecular complexity index is 3560. The molecule has 62 heavy (non-hydrogen) atoms. The number of para-hydroxylation sites is 3. The summed E-state index contributed by atoms with van der Waals surface area (Å²) in [5.74, 6) is 1.72. The second-order valence-corrected chi connectivity index (χ2v) is 15.5. The molecule has 290 valence electrons. The van der Waals surface area contributed by atoms with Crippen LogP contribution in [0, 0.1) is 0 Å². The third-order valence-electron chi connectivity index (χ3n) is 11.8. The van der Waals surface area contributed by atoms with E-state index in [1.165, 1.54) is 5.39 Å².